The molecule has 0 spiro atoms. The zero-order chi connectivity index (χ0) is 16.1. The van der Waals surface area contributed by atoms with Crippen LogP contribution in [-0.4, -0.2) is 33.8 Å². The summed E-state index contributed by atoms with van der Waals surface area (Å²) in [5, 5.41) is 12.5. The van der Waals surface area contributed by atoms with E-state index < -0.39 is 5.97 Å². The van der Waals surface area contributed by atoms with Crippen molar-refractivity contribution in [3.63, 3.8) is 0 Å². The molecule has 6 nitrogen and oxygen atoms in total. The lowest BCUT2D eigenvalue weighted by molar-refractivity contribution is 0.0696. The number of anilines is 1. The van der Waals surface area contributed by atoms with Gasteiger partial charge in [0.05, 0.1) is 41.1 Å². The molecule has 0 bridgehead atoms. The minimum absolute atomic E-state index is 0.252. The number of nitrogens with one attached hydrogen (secondary N) is 1. The number of carboxylic acids is 1. The third-order valence-corrected chi connectivity index (χ3v) is 4.49. The van der Waals surface area contributed by atoms with Gasteiger partial charge in [-0.2, -0.15) is 0 Å². The Morgan fingerprint density at radius 1 is 1.52 bits per heavy atom. The van der Waals surface area contributed by atoms with Crippen molar-refractivity contribution in [2.24, 2.45) is 0 Å². The Bertz CT molecular complexity index is 832. The van der Waals surface area contributed by atoms with Gasteiger partial charge in [-0.15, -0.1) is 0 Å². The highest BCUT2D eigenvalue weighted by atomic mass is 16.5. The zero-order valence-electron chi connectivity index (χ0n) is 12.8. The quantitative estimate of drug-likeness (QED) is 0.892. The number of rotatable bonds is 2. The van der Waals surface area contributed by atoms with Gasteiger partial charge in [0.2, 0.25) is 0 Å². The van der Waals surface area contributed by atoms with Crippen LogP contribution in [0.1, 0.15) is 39.8 Å². The molecule has 118 valence electrons. The summed E-state index contributed by atoms with van der Waals surface area (Å²) in [7, 11) is 0. The topological polar surface area (TPSA) is 76.4 Å². The highest BCUT2D eigenvalue weighted by Crippen LogP contribution is 2.38. The molecular formula is C17H17N3O3. The number of benzene rings is 1. The van der Waals surface area contributed by atoms with Gasteiger partial charge in [0, 0.05) is 12.5 Å². The van der Waals surface area contributed by atoms with E-state index in [2.05, 4.69) is 21.4 Å². The second-order valence-corrected chi connectivity index (χ2v) is 5.99. The molecule has 1 fully saturated rings. The van der Waals surface area contributed by atoms with Crippen LogP contribution in [0.2, 0.25) is 0 Å². The molecular weight excluding hydrogens is 294 g/mol. The van der Waals surface area contributed by atoms with E-state index in [1.807, 2.05) is 19.2 Å². The molecule has 1 unspecified atom stereocenters. The van der Waals surface area contributed by atoms with Crippen LogP contribution in [0.4, 0.5) is 5.69 Å². The fourth-order valence-corrected chi connectivity index (χ4v) is 3.29. The molecule has 0 aliphatic carbocycles. The Hall–Kier alpha value is -2.60. The Morgan fingerprint density at radius 3 is 3.04 bits per heavy atom. The summed E-state index contributed by atoms with van der Waals surface area (Å²) in [4.78, 5) is 16.0. The molecule has 23 heavy (non-hydrogen) atoms. The maximum absolute atomic E-state index is 11.4. The molecule has 0 radical (unpaired) electrons. The summed E-state index contributed by atoms with van der Waals surface area (Å²) in [6, 6.07) is 3.55. The van der Waals surface area contributed by atoms with Crippen LogP contribution in [0, 0.1) is 6.92 Å². The number of aromatic nitrogens is 2. The number of aryl methyl sites for hydroxylation is 1. The Morgan fingerprint density at radius 2 is 2.35 bits per heavy atom. The third kappa shape index (κ3) is 2.06. The predicted octanol–water partition coefficient (Wildman–Crippen LogP) is 2.78. The van der Waals surface area contributed by atoms with Crippen LogP contribution in [-0.2, 0) is 4.74 Å². The SMILES string of the molecule is C=C1Nc2cc(C(=O)O)c(C)cc2-n2c1cnc2C1CCOC1. The first kappa shape index (κ1) is 14.0. The number of aromatic carboxylic acids is 1. The van der Waals surface area contributed by atoms with E-state index in [0.29, 0.717) is 12.2 Å². The van der Waals surface area contributed by atoms with Crippen molar-refractivity contribution in [1.29, 1.82) is 0 Å². The van der Waals surface area contributed by atoms with Crippen molar-refractivity contribution < 1.29 is 14.6 Å². The van der Waals surface area contributed by atoms with Gasteiger partial charge in [0.25, 0.3) is 0 Å². The number of imidazole rings is 1. The molecule has 3 heterocycles. The second-order valence-electron chi connectivity index (χ2n) is 5.99. The Labute approximate surface area is 133 Å². The smallest absolute Gasteiger partial charge is 0.336 e. The van der Waals surface area contributed by atoms with E-state index in [1.54, 1.807) is 6.07 Å². The van der Waals surface area contributed by atoms with Crippen LogP contribution in [0.3, 0.4) is 0 Å². The largest absolute Gasteiger partial charge is 0.478 e. The normalized spacial score (nSPS) is 19.2. The number of hydrogen-bond donors (Lipinski definition) is 2. The summed E-state index contributed by atoms with van der Waals surface area (Å²) >= 11 is 0. The average Bonchev–Trinajstić information content (AvgIpc) is 3.16. The first-order valence-corrected chi connectivity index (χ1v) is 7.56. The van der Waals surface area contributed by atoms with Crippen molar-refractivity contribution in [1.82, 2.24) is 9.55 Å². The first-order valence-electron chi connectivity index (χ1n) is 7.56. The van der Waals surface area contributed by atoms with E-state index in [0.717, 1.165) is 47.2 Å². The molecule has 2 aliphatic rings. The van der Waals surface area contributed by atoms with Crippen molar-refractivity contribution >= 4 is 17.4 Å². The molecule has 2 aromatic rings. The predicted molar refractivity (Wildman–Crippen MR) is 86.1 cm³/mol. The van der Waals surface area contributed by atoms with Crippen LogP contribution < -0.4 is 5.32 Å². The Kier molecular flexibility index (Phi) is 3.02. The van der Waals surface area contributed by atoms with Gasteiger partial charge in [-0.05, 0) is 31.0 Å². The lowest BCUT2D eigenvalue weighted by atomic mass is 10.0. The number of nitrogens with zero attached hydrogens (tertiary/aromatic N) is 2. The fourth-order valence-electron chi connectivity index (χ4n) is 3.29. The maximum Gasteiger partial charge on any atom is 0.336 e. The third-order valence-electron chi connectivity index (χ3n) is 4.49. The molecule has 1 aromatic heterocycles. The van der Waals surface area contributed by atoms with Gasteiger partial charge >= 0.3 is 5.97 Å². The zero-order valence-corrected chi connectivity index (χ0v) is 12.8. The maximum atomic E-state index is 11.4. The molecule has 4 rings (SSSR count). The van der Waals surface area contributed by atoms with Gasteiger partial charge in [-0.25, -0.2) is 9.78 Å². The van der Waals surface area contributed by atoms with E-state index in [4.69, 9.17) is 4.74 Å². The molecule has 6 heteroatoms. The molecule has 1 aromatic carbocycles. The van der Waals surface area contributed by atoms with Gasteiger partial charge in [-0.1, -0.05) is 6.58 Å². The first-order chi connectivity index (χ1) is 11.1. The van der Waals surface area contributed by atoms with Gasteiger partial charge in [-0.3, -0.25) is 4.57 Å². The van der Waals surface area contributed by atoms with Crippen LogP contribution >= 0.6 is 0 Å². The van der Waals surface area contributed by atoms with Crippen LogP contribution in [0.25, 0.3) is 11.4 Å². The van der Waals surface area contributed by atoms with Gasteiger partial charge in [0.1, 0.15) is 5.82 Å². The standard InChI is InChI=1S/C17H17N3O3/c1-9-5-14-13(6-12(9)17(21)22)19-10(2)15-7-18-16(20(14)15)11-3-4-23-8-11/h5-7,11,19H,2-4,8H2,1H3,(H,21,22). The molecule has 0 amide bonds. The summed E-state index contributed by atoms with van der Waals surface area (Å²) < 4.78 is 7.57. The molecule has 1 atom stereocenters. The second kappa shape index (κ2) is 4.96. The van der Waals surface area contributed by atoms with Crippen molar-refractivity contribution in [2.45, 2.75) is 19.3 Å². The van der Waals surface area contributed by atoms with Crippen LogP contribution in [0.15, 0.2) is 24.9 Å². The van der Waals surface area contributed by atoms with E-state index in [1.165, 1.54) is 0 Å². The van der Waals surface area contributed by atoms with E-state index in [9.17, 15) is 9.90 Å². The number of ether oxygens (including phenoxy) is 1. The molecule has 2 N–H and O–H groups in total. The number of hydrogen-bond acceptors (Lipinski definition) is 4. The fraction of sp³-hybridized carbons (Fsp3) is 0.294. The molecule has 0 saturated carbocycles. The molecule has 1 saturated heterocycles. The van der Waals surface area contributed by atoms with Crippen molar-refractivity contribution in [3.8, 4) is 5.69 Å². The summed E-state index contributed by atoms with van der Waals surface area (Å²) in [5.74, 6) is 0.268. The van der Waals surface area contributed by atoms with Crippen molar-refractivity contribution in [3.05, 3.63) is 47.6 Å². The lowest BCUT2D eigenvalue weighted by Gasteiger charge is -2.26. The minimum atomic E-state index is -0.932. The Balaban J connectivity index is 1.93. The van der Waals surface area contributed by atoms with E-state index in [-0.39, 0.29) is 5.92 Å². The highest BCUT2D eigenvalue weighted by Gasteiger charge is 2.29. The van der Waals surface area contributed by atoms with Crippen LogP contribution in [0.5, 0.6) is 0 Å². The van der Waals surface area contributed by atoms with Crippen molar-refractivity contribution in [2.75, 3.05) is 18.5 Å². The summed E-state index contributed by atoms with van der Waals surface area (Å²) in [6.45, 7) is 7.26. The monoisotopic (exact) mass is 311 g/mol. The number of fused-ring (bicyclic) bond motifs is 3. The minimum Gasteiger partial charge on any atom is -0.478 e. The lowest BCUT2D eigenvalue weighted by Crippen LogP contribution is -2.18. The van der Waals surface area contributed by atoms with Gasteiger partial charge in [0.15, 0.2) is 0 Å². The average molecular weight is 311 g/mol. The number of carbonyl (C=O) groups is 1. The van der Waals surface area contributed by atoms with Gasteiger partial charge < -0.3 is 15.2 Å². The summed E-state index contributed by atoms with van der Waals surface area (Å²) in [5.41, 5.74) is 4.28. The molecule has 2 aliphatic heterocycles. The van der Waals surface area contributed by atoms with E-state index >= 15 is 0 Å². The highest BCUT2D eigenvalue weighted by molar-refractivity contribution is 5.94. The number of carboxylic acid groups (broad SMARTS) is 1. The summed E-state index contributed by atoms with van der Waals surface area (Å²) in [6.07, 6.45) is 2.75.